The molecule has 2 unspecified atom stereocenters. The fraction of sp³-hybridized carbons (Fsp3) is 0.846. The molecule has 0 heteroatoms. The van der Waals surface area contributed by atoms with Crippen molar-refractivity contribution in [2.75, 3.05) is 0 Å². The molecule has 0 heterocycles. The van der Waals surface area contributed by atoms with Crippen molar-refractivity contribution >= 4 is 0 Å². The van der Waals surface area contributed by atoms with Gasteiger partial charge in [0.2, 0.25) is 0 Å². The lowest BCUT2D eigenvalue weighted by Gasteiger charge is -2.27. The summed E-state index contributed by atoms with van der Waals surface area (Å²) in [6.07, 6.45) is 10.4. The smallest absolute Gasteiger partial charge is 0.0115 e. The second kappa shape index (κ2) is 4.30. The Morgan fingerprint density at radius 3 is 2.54 bits per heavy atom. The van der Waals surface area contributed by atoms with E-state index in [4.69, 9.17) is 0 Å². The minimum atomic E-state index is 0.559. The molecule has 1 aliphatic rings. The lowest BCUT2D eigenvalue weighted by Crippen LogP contribution is -2.16. The van der Waals surface area contributed by atoms with Crippen LogP contribution in [0.4, 0.5) is 0 Å². The maximum atomic E-state index is 2.49. The molecule has 76 valence electrons. The number of rotatable bonds is 4. The van der Waals surface area contributed by atoms with Crippen LogP contribution in [0, 0.1) is 17.3 Å². The molecular formula is C13H24. The first-order valence-electron chi connectivity index (χ1n) is 5.77. The predicted octanol–water partition coefficient (Wildman–Crippen LogP) is 4.42. The Morgan fingerprint density at radius 2 is 2.15 bits per heavy atom. The summed E-state index contributed by atoms with van der Waals surface area (Å²) in [7, 11) is 0. The SMILES string of the molecule is CCC1(CCC(C)C)C=CC(C)C1. The van der Waals surface area contributed by atoms with E-state index in [1.807, 2.05) is 0 Å². The molecule has 1 rings (SSSR count). The van der Waals surface area contributed by atoms with Gasteiger partial charge in [-0.15, -0.1) is 0 Å². The van der Waals surface area contributed by atoms with E-state index in [1.165, 1.54) is 25.7 Å². The second-order valence-corrected chi connectivity index (χ2v) is 5.19. The van der Waals surface area contributed by atoms with E-state index in [1.54, 1.807) is 0 Å². The summed E-state index contributed by atoms with van der Waals surface area (Å²) < 4.78 is 0. The van der Waals surface area contributed by atoms with Crippen LogP contribution in [-0.4, -0.2) is 0 Å². The van der Waals surface area contributed by atoms with Gasteiger partial charge in [-0.1, -0.05) is 46.3 Å². The third-order valence-electron chi connectivity index (χ3n) is 3.43. The molecule has 0 spiro atoms. The maximum Gasteiger partial charge on any atom is -0.0115 e. The highest BCUT2D eigenvalue weighted by Gasteiger charge is 2.30. The fourth-order valence-electron chi connectivity index (χ4n) is 2.35. The summed E-state index contributed by atoms with van der Waals surface area (Å²) in [5, 5.41) is 0. The molecule has 0 saturated heterocycles. The molecule has 0 radical (unpaired) electrons. The Kier molecular flexibility index (Phi) is 3.58. The summed E-state index contributed by atoms with van der Waals surface area (Å²) in [6.45, 7) is 9.32. The normalized spacial score (nSPS) is 33.2. The Balaban J connectivity index is 2.47. The molecular weight excluding hydrogens is 156 g/mol. The predicted molar refractivity (Wildman–Crippen MR) is 59.7 cm³/mol. The lowest BCUT2D eigenvalue weighted by atomic mass is 9.77. The van der Waals surface area contributed by atoms with Gasteiger partial charge < -0.3 is 0 Å². The van der Waals surface area contributed by atoms with Crippen LogP contribution < -0.4 is 0 Å². The maximum absolute atomic E-state index is 2.49. The van der Waals surface area contributed by atoms with Crippen LogP contribution in [-0.2, 0) is 0 Å². The van der Waals surface area contributed by atoms with Crippen LogP contribution in [0.25, 0.3) is 0 Å². The first-order chi connectivity index (χ1) is 6.08. The van der Waals surface area contributed by atoms with E-state index in [0.717, 1.165) is 11.8 Å². The lowest BCUT2D eigenvalue weighted by molar-refractivity contribution is 0.282. The highest BCUT2D eigenvalue weighted by molar-refractivity contribution is 5.09. The summed E-state index contributed by atoms with van der Waals surface area (Å²) in [5.41, 5.74) is 0.559. The van der Waals surface area contributed by atoms with E-state index >= 15 is 0 Å². The highest BCUT2D eigenvalue weighted by Crippen LogP contribution is 2.42. The van der Waals surface area contributed by atoms with Gasteiger partial charge >= 0.3 is 0 Å². The van der Waals surface area contributed by atoms with Gasteiger partial charge in [0, 0.05) is 0 Å². The van der Waals surface area contributed by atoms with Gasteiger partial charge in [-0.2, -0.15) is 0 Å². The van der Waals surface area contributed by atoms with E-state index in [9.17, 15) is 0 Å². The Hall–Kier alpha value is -0.260. The zero-order valence-electron chi connectivity index (χ0n) is 9.64. The number of hydrogen-bond donors (Lipinski definition) is 0. The number of allylic oxidation sites excluding steroid dienone is 2. The van der Waals surface area contributed by atoms with Crippen molar-refractivity contribution in [3.63, 3.8) is 0 Å². The fourth-order valence-corrected chi connectivity index (χ4v) is 2.35. The van der Waals surface area contributed by atoms with Gasteiger partial charge in [0.05, 0.1) is 0 Å². The average molecular weight is 180 g/mol. The second-order valence-electron chi connectivity index (χ2n) is 5.19. The standard InChI is InChI=1S/C13H24/c1-5-13(8-6-11(2)3)9-7-12(4)10-13/h7,9,11-12H,5-6,8,10H2,1-4H3. The molecule has 0 saturated carbocycles. The summed E-state index contributed by atoms with van der Waals surface area (Å²) in [4.78, 5) is 0. The van der Waals surface area contributed by atoms with Crippen LogP contribution in [0.3, 0.4) is 0 Å². The quantitative estimate of drug-likeness (QED) is 0.562. The molecule has 0 nitrogen and oxygen atoms in total. The summed E-state index contributed by atoms with van der Waals surface area (Å²) >= 11 is 0. The molecule has 2 atom stereocenters. The molecule has 0 aromatic carbocycles. The van der Waals surface area contributed by atoms with E-state index in [2.05, 4.69) is 39.8 Å². The van der Waals surface area contributed by atoms with E-state index < -0.39 is 0 Å². The van der Waals surface area contributed by atoms with Crippen molar-refractivity contribution in [1.82, 2.24) is 0 Å². The molecule has 13 heavy (non-hydrogen) atoms. The number of hydrogen-bond acceptors (Lipinski definition) is 0. The average Bonchev–Trinajstić information content (AvgIpc) is 2.45. The van der Waals surface area contributed by atoms with Gasteiger partial charge in [0.1, 0.15) is 0 Å². The van der Waals surface area contributed by atoms with Gasteiger partial charge in [0.15, 0.2) is 0 Å². The minimum Gasteiger partial charge on any atom is -0.0851 e. The Morgan fingerprint density at radius 1 is 1.46 bits per heavy atom. The van der Waals surface area contributed by atoms with Gasteiger partial charge in [-0.25, -0.2) is 0 Å². The van der Waals surface area contributed by atoms with E-state index in [0.29, 0.717) is 5.41 Å². The molecule has 0 N–H and O–H groups in total. The first-order valence-corrected chi connectivity index (χ1v) is 5.77. The largest absolute Gasteiger partial charge is 0.0851 e. The van der Waals surface area contributed by atoms with Gasteiger partial charge in [0.25, 0.3) is 0 Å². The van der Waals surface area contributed by atoms with Crippen molar-refractivity contribution in [3.8, 4) is 0 Å². The van der Waals surface area contributed by atoms with E-state index in [-0.39, 0.29) is 0 Å². The van der Waals surface area contributed by atoms with Crippen LogP contribution in [0.1, 0.15) is 53.4 Å². The topological polar surface area (TPSA) is 0 Å². The van der Waals surface area contributed by atoms with Crippen molar-refractivity contribution in [3.05, 3.63) is 12.2 Å². The van der Waals surface area contributed by atoms with Crippen molar-refractivity contribution in [2.45, 2.75) is 53.4 Å². The highest BCUT2D eigenvalue weighted by atomic mass is 14.3. The van der Waals surface area contributed by atoms with Crippen molar-refractivity contribution in [2.24, 2.45) is 17.3 Å². The minimum absolute atomic E-state index is 0.559. The van der Waals surface area contributed by atoms with Gasteiger partial charge in [-0.3, -0.25) is 0 Å². The zero-order valence-corrected chi connectivity index (χ0v) is 9.64. The summed E-state index contributed by atoms with van der Waals surface area (Å²) in [5.74, 6) is 1.67. The summed E-state index contributed by atoms with van der Waals surface area (Å²) in [6, 6.07) is 0. The molecule has 0 amide bonds. The van der Waals surface area contributed by atoms with Crippen LogP contribution in [0.15, 0.2) is 12.2 Å². The van der Waals surface area contributed by atoms with Gasteiger partial charge in [-0.05, 0) is 36.5 Å². The van der Waals surface area contributed by atoms with Crippen LogP contribution in [0.2, 0.25) is 0 Å². The molecule has 0 fully saturated rings. The zero-order chi connectivity index (χ0) is 9.90. The molecule has 0 aromatic rings. The van der Waals surface area contributed by atoms with Crippen molar-refractivity contribution in [1.29, 1.82) is 0 Å². The Bertz CT molecular complexity index is 178. The Labute approximate surface area is 83.4 Å². The van der Waals surface area contributed by atoms with Crippen LogP contribution in [0.5, 0.6) is 0 Å². The van der Waals surface area contributed by atoms with Crippen molar-refractivity contribution < 1.29 is 0 Å². The van der Waals surface area contributed by atoms with Crippen LogP contribution >= 0.6 is 0 Å². The third-order valence-corrected chi connectivity index (χ3v) is 3.43. The molecule has 0 aromatic heterocycles. The third kappa shape index (κ3) is 2.86. The molecule has 0 bridgehead atoms. The first kappa shape index (κ1) is 10.8. The molecule has 1 aliphatic carbocycles. The molecule has 0 aliphatic heterocycles. The monoisotopic (exact) mass is 180 g/mol.